The highest BCUT2D eigenvalue weighted by Crippen LogP contribution is 2.32. The fraction of sp³-hybridized carbons (Fsp3) is 0.294. The highest BCUT2D eigenvalue weighted by molar-refractivity contribution is 6.42. The van der Waals surface area contributed by atoms with Gasteiger partial charge in [0.2, 0.25) is 0 Å². The number of aliphatic hydroxyl groups is 1. The van der Waals surface area contributed by atoms with E-state index in [1.165, 1.54) is 5.56 Å². The third-order valence-corrected chi connectivity index (χ3v) is 4.53. The molecule has 1 atom stereocenters. The predicted octanol–water partition coefficient (Wildman–Crippen LogP) is 4.94. The highest BCUT2D eigenvalue weighted by atomic mass is 35.5. The van der Waals surface area contributed by atoms with E-state index in [1.807, 2.05) is 24.3 Å². The molecule has 0 heterocycles. The SMILES string of the molecule is OC1CCCc2ccc(OCc3ccc(Cl)c(Cl)c3)cc21. The van der Waals surface area contributed by atoms with Crippen molar-refractivity contribution in [2.75, 3.05) is 0 Å². The summed E-state index contributed by atoms with van der Waals surface area (Å²) in [5.74, 6) is 0.765. The van der Waals surface area contributed by atoms with E-state index in [2.05, 4.69) is 0 Å². The van der Waals surface area contributed by atoms with Crippen molar-refractivity contribution in [3.8, 4) is 5.75 Å². The maximum Gasteiger partial charge on any atom is 0.120 e. The van der Waals surface area contributed by atoms with Crippen LogP contribution in [0.4, 0.5) is 0 Å². The van der Waals surface area contributed by atoms with E-state index in [0.717, 1.165) is 36.1 Å². The van der Waals surface area contributed by atoms with Gasteiger partial charge in [-0.25, -0.2) is 0 Å². The molecule has 0 fully saturated rings. The molecule has 2 aromatic carbocycles. The molecule has 0 amide bonds. The number of aliphatic hydroxyl groups excluding tert-OH is 1. The molecule has 1 unspecified atom stereocenters. The van der Waals surface area contributed by atoms with Gasteiger partial charge in [0.25, 0.3) is 0 Å². The number of fused-ring (bicyclic) bond motifs is 1. The summed E-state index contributed by atoms with van der Waals surface area (Å²) in [7, 11) is 0. The third-order valence-electron chi connectivity index (χ3n) is 3.79. The maximum absolute atomic E-state index is 10.1. The first-order valence-electron chi connectivity index (χ1n) is 7.01. The van der Waals surface area contributed by atoms with Gasteiger partial charge in [0.05, 0.1) is 16.1 Å². The summed E-state index contributed by atoms with van der Waals surface area (Å²) in [6.45, 7) is 0.422. The predicted molar refractivity (Wildman–Crippen MR) is 85.1 cm³/mol. The molecule has 0 aliphatic heterocycles. The summed E-state index contributed by atoms with van der Waals surface area (Å²) < 4.78 is 5.79. The molecule has 1 aliphatic rings. The average Bonchev–Trinajstić information content (AvgIpc) is 2.49. The molecule has 0 saturated carbocycles. The molecule has 0 aromatic heterocycles. The summed E-state index contributed by atoms with van der Waals surface area (Å²) in [6.07, 6.45) is 2.52. The van der Waals surface area contributed by atoms with Crippen molar-refractivity contribution < 1.29 is 9.84 Å². The zero-order chi connectivity index (χ0) is 14.8. The monoisotopic (exact) mass is 322 g/mol. The second kappa shape index (κ2) is 6.27. The van der Waals surface area contributed by atoms with Crippen molar-refractivity contribution in [3.63, 3.8) is 0 Å². The minimum Gasteiger partial charge on any atom is -0.489 e. The van der Waals surface area contributed by atoms with E-state index in [-0.39, 0.29) is 6.10 Å². The molecular weight excluding hydrogens is 307 g/mol. The van der Waals surface area contributed by atoms with Crippen LogP contribution < -0.4 is 4.74 Å². The van der Waals surface area contributed by atoms with E-state index >= 15 is 0 Å². The zero-order valence-electron chi connectivity index (χ0n) is 11.5. The van der Waals surface area contributed by atoms with Crippen molar-refractivity contribution in [1.82, 2.24) is 0 Å². The average molecular weight is 323 g/mol. The number of benzene rings is 2. The Labute approximate surface area is 134 Å². The van der Waals surface area contributed by atoms with Gasteiger partial charge in [-0.15, -0.1) is 0 Å². The molecule has 1 N–H and O–H groups in total. The molecule has 2 aromatic rings. The first-order chi connectivity index (χ1) is 10.1. The fourth-order valence-corrected chi connectivity index (χ4v) is 2.96. The molecule has 3 rings (SSSR count). The quantitative estimate of drug-likeness (QED) is 0.867. The topological polar surface area (TPSA) is 29.5 Å². The van der Waals surface area contributed by atoms with Crippen LogP contribution in [0, 0.1) is 0 Å². The fourth-order valence-electron chi connectivity index (χ4n) is 2.64. The van der Waals surface area contributed by atoms with Crippen molar-refractivity contribution >= 4 is 23.2 Å². The molecule has 21 heavy (non-hydrogen) atoms. The first kappa shape index (κ1) is 14.7. The van der Waals surface area contributed by atoms with Crippen molar-refractivity contribution in [1.29, 1.82) is 0 Å². The Kier molecular flexibility index (Phi) is 4.39. The number of halogens is 2. The lowest BCUT2D eigenvalue weighted by molar-refractivity contribution is 0.156. The second-order valence-electron chi connectivity index (χ2n) is 5.31. The Morgan fingerprint density at radius 3 is 2.76 bits per heavy atom. The Bertz CT molecular complexity index is 655. The zero-order valence-corrected chi connectivity index (χ0v) is 13.0. The second-order valence-corrected chi connectivity index (χ2v) is 6.12. The molecule has 1 aliphatic carbocycles. The van der Waals surface area contributed by atoms with Crippen LogP contribution in [0.1, 0.15) is 35.6 Å². The van der Waals surface area contributed by atoms with Crippen LogP contribution in [0.2, 0.25) is 10.0 Å². The number of ether oxygens (including phenoxy) is 1. The lowest BCUT2D eigenvalue weighted by Gasteiger charge is -2.22. The summed E-state index contributed by atoms with van der Waals surface area (Å²) in [5, 5.41) is 11.1. The Balaban J connectivity index is 1.73. The van der Waals surface area contributed by atoms with E-state index in [4.69, 9.17) is 27.9 Å². The normalized spacial score (nSPS) is 17.4. The summed E-state index contributed by atoms with van der Waals surface area (Å²) in [5.41, 5.74) is 3.17. The maximum atomic E-state index is 10.1. The van der Waals surface area contributed by atoms with Gasteiger partial charge in [0.1, 0.15) is 12.4 Å². The van der Waals surface area contributed by atoms with Gasteiger partial charge < -0.3 is 9.84 Å². The van der Waals surface area contributed by atoms with Crippen molar-refractivity contribution in [2.45, 2.75) is 32.0 Å². The van der Waals surface area contributed by atoms with Gasteiger partial charge in [0, 0.05) is 0 Å². The van der Waals surface area contributed by atoms with Gasteiger partial charge >= 0.3 is 0 Å². The van der Waals surface area contributed by atoms with Crippen molar-refractivity contribution in [3.05, 3.63) is 63.1 Å². The molecular formula is C17H16Cl2O2. The van der Waals surface area contributed by atoms with Crippen LogP contribution in [0.25, 0.3) is 0 Å². The Morgan fingerprint density at radius 2 is 1.95 bits per heavy atom. The van der Waals surface area contributed by atoms with Gasteiger partial charge in [-0.05, 0) is 60.2 Å². The van der Waals surface area contributed by atoms with Crippen LogP contribution in [0.15, 0.2) is 36.4 Å². The van der Waals surface area contributed by atoms with Gasteiger partial charge in [-0.3, -0.25) is 0 Å². The minimum atomic E-state index is -0.373. The summed E-state index contributed by atoms with van der Waals surface area (Å²) in [6, 6.07) is 11.4. The van der Waals surface area contributed by atoms with E-state index < -0.39 is 0 Å². The first-order valence-corrected chi connectivity index (χ1v) is 7.76. The van der Waals surface area contributed by atoms with Gasteiger partial charge in [-0.2, -0.15) is 0 Å². The van der Waals surface area contributed by atoms with Gasteiger partial charge in [0.15, 0.2) is 0 Å². The van der Waals surface area contributed by atoms with Crippen LogP contribution in [0.3, 0.4) is 0 Å². The molecule has 4 heteroatoms. The molecule has 110 valence electrons. The lowest BCUT2D eigenvalue weighted by atomic mass is 9.89. The number of hydrogen-bond donors (Lipinski definition) is 1. The summed E-state index contributed by atoms with van der Waals surface area (Å²) >= 11 is 11.9. The molecule has 0 bridgehead atoms. The Hall–Kier alpha value is -1.22. The third kappa shape index (κ3) is 3.34. The van der Waals surface area contributed by atoms with E-state index in [0.29, 0.717) is 16.7 Å². The minimum absolute atomic E-state index is 0.373. The number of rotatable bonds is 3. The standard InChI is InChI=1S/C17H16Cl2O2/c18-15-7-4-11(8-16(15)19)10-21-13-6-5-12-2-1-3-17(20)14(12)9-13/h4-9,17,20H,1-3,10H2. The van der Waals surface area contributed by atoms with Crippen LogP contribution in [-0.4, -0.2) is 5.11 Å². The summed E-state index contributed by atoms with van der Waals surface area (Å²) in [4.78, 5) is 0. The van der Waals surface area contributed by atoms with E-state index in [9.17, 15) is 5.11 Å². The molecule has 0 radical (unpaired) electrons. The lowest BCUT2D eigenvalue weighted by Crippen LogP contribution is -2.09. The van der Waals surface area contributed by atoms with Gasteiger partial charge in [-0.1, -0.05) is 35.3 Å². The highest BCUT2D eigenvalue weighted by Gasteiger charge is 2.18. The van der Waals surface area contributed by atoms with Crippen LogP contribution in [0.5, 0.6) is 5.75 Å². The largest absolute Gasteiger partial charge is 0.489 e. The number of hydrogen-bond acceptors (Lipinski definition) is 2. The smallest absolute Gasteiger partial charge is 0.120 e. The van der Waals surface area contributed by atoms with Crippen molar-refractivity contribution in [2.24, 2.45) is 0 Å². The molecule has 0 spiro atoms. The molecule has 2 nitrogen and oxygen atoms in total. The van der Waals surface area contributed by atoms with Crippen LogP contribution >= 0.6 is 23.2 Å². The Morgan fingerprint density at radius 1 is 1.10 bits per heavy atom. The molecule has 0 saturated heterocycles. The number of aryl methyl sites for hydroxylation is 1. The van der Waals surface area contributed by atoms with E-state index in [1.54, 1.807) is 12.1 Å². The van der Waals surface area contributed by atoms with Crippen LogP contribution in [-0.2, 0) is 13.0 Å².